The van der Waals surface area contributed by atoms with Gasteiger partial charge in [0.25, 0.3) is 0 Å². The lowest BCUT2D eigenvalue weighted by molar-refractivity contribution is -0.277. The molecule has 2 aromatic carbocycles. The summed E-state index contributed by atoms with van der Waals surface area (Å²) in [5.74, 6) is 0.169. The first-order chi connectivity index (χ1) is 19.5. The van der Waals surface area contributed by atoms with Crippen molar-refractivity contribution in [1.29, 1.82) is 0 Å². The molecule has 3 aliphatic heterocycles. The Hall–Kier alpha value is -2.92. The van der Waals surface area contributed by atoms with E-state index in [1.54, 1.807) is 6.07 Å². The average Bonchev–Trinajstić information content (AvgIpc) is 3.39. The standard InChI is InChI=1S/C27H34O14/c1-35-15-6-12(4-5-14(15)29)23-26(33)10-39-24(27(26,34)11-38-23)13-7-16(36-2)22(17(8-13)37-3)41-25-21(32)20(31)19(30)18(9-28)40-25/h4-8,18-21,23-25,28-34H,9-11H2,1-3H3. The van der Waals surface area contributed by atoms with E-state index in [2.05, 4.69) is 0 Å². The third-order valence-corrected chi connectivity index (χ3v) is 7.93. The molecule has 5 rings (SSSR count). The second-order valence-electron chi connectivity index (χ2n) is 10.2. The molecule has 14 heteroatoms. The van der Waals surface area contributed by atoms with Crippen molar-refractivity contribution in [1.82, 2.24) is 0 Å². The van der Waals surface area contributed by atoms with Crippen LogP contribution >= 0.6 is 0 Å². The minimum absolute atomic E-state index is 0.0416. The Morgan fingerprint density at radius 3 is 1.85 bits per heavy atom. The van der Waals surface area contributed by atoms with Crippen LogP contribution in [0.5, 0.6) is 28.7 Å². The summed E-state index contributed by atoms with van der Waals surface area (Å²) in [5.41, 5.74) is -3.00. The predicted molar refractivity (Wildman–Crippen MR) is 136 cm³/mol. The van der Waals surface area contributed by atoms with Crippen molar-refractivity contribution >= 4 is 0 Å². The van der Waals surface area contributed by atoms with Gasteiger partial charge in [-0.1, -0.05) is 6.07 Å². The Labute approximate surface area is 234 Å². The lowest BCUT2D eigenvalue weighted by Gasteiger charge is -2.39. The van der Waals surface area contributed by atoms with Crippen molar-refractivity contribution in [3.8, 4) is 28.7 Å². The summed E-state index contributed by atoms with van der Waals surface area (Å²) in [6.45, 7) is -1.23. The molecule has 41 heavy (non-hydrogen) atoms. The number of hydrogen-bond acceptors (Lipinski definition) is 14. The molecule has 3 saturated heterocycles. The van der Waals surface area contributed by atoms with E-state index >= 15 is 0 Å². The quantitative estimate of drug-likeness (QED) is 0.197. The third-order valence-electron chi connectivity index (χ3n) is 7.93. The van der Waals surface area contributed by atoms with Crippen molar-refractivity contribution < 1.29 is 68.9 Å². The zero-order valence-corrected chi connectivity index (χ0v) is 22.5. The second kappa shape index (κ2) is 11.1. The lowest BCUT2D eigenvalue weighted by Crippen LogP contribution is -2.60. The fourth-order valence-corrected chi connectivity index (χ4v) is 5.60. The van der Waals surface area contributed by atoms with Crippen LogP contribution in [-0.2, 0) is 14.2 Å². The Morgan fingerprint density at radius 2 is 1.32 bits per heavy atom. The van der Waals surface area contributed by atoms with Gasteiger partial charge in [0.05, 0.1) is 41.2 Å². The van der Waals surface area contributed by atoms with Crippen molar-refractivity contribution in [2.45, 2.75) is 54.1 Å². The summed E-state index contributed by atoms with van der Waals surface area (Å²) in [4.78, 5) is 0. The molecule has 7 N–H and O–H groups in total. The van der Waals surface area contributed by atoms with Gasteiger partial charge in [0.1, 0.15) is 36.6 Å². The highest BCUT2D eigenvalue weighted by atomic mass is 16.7. The topological polar surface area (TPSA) is 206 Å². The Morgan fingerprint density at radius 1 is 0.780 bits per heavy atom. The number of methoxy groups -OCH3 is 3. The number of ether oxygens (including phenoxy) is 7. The van der Waals surface area contributed by atoms with Crippen LogP contribution in [0.25, 0.3) is 0 Å². The van der Waals surface area contributed by atoms with Gasteiger partial charge in [0.15, 0.2) is 34.2 Å². The monoisotopic (exact) mass is 582 g/mol. The molecule has 0 amide bonds. The first kappa shape index (κ1) is 29.6. The number of phenols is 1. The van der Waals surface area contributed by atoms with Crippen LogP contribution in [0.1, 0.15) is 23.3 Å². The van der Waals surface area contributed by atoms with Crippen LogP contribution in [0, 0.1) is 0 Å². The smallest absolute Gasteiger partial charge is 0.229 e. The highest BCUT2D eigenvalue weighted by molar-refractivity contribution is 5.55. The summed E-state index contributed by atoms with van der Waals surface area (Å²) in [6.07, 6.45) is -9.74. The molecule has 0 aliphatic carbocycles. The van der Waals surface area contributed by atoms with Crippen molar-refractivity contribution in [2.75, 3.05) is 41.2 Å². The lowest BCUT2D eigenvalue weighted by atomic mass is 9.77. The largest absolute Gasteiger partial charge is 0.504 e. The molecule has 3 fully saturated rings. The zero-order chi connectivity index (χ0) is 29.7. The van der Waals surface area contributed by atoms with E-state index in [0.717, 1.165) is 0 Å². The van der Waals surface area contributed by atoms with E-state index in [0.29, 0.717) is 11.1 Å². The van der Waals surface area contributed by atoms with Crippen molar-refractivity contribution in [3.05, 3.63) is 41.5 Å². The summed E-state index contributed by atoms with van der Waals surface area (Å²) in [6, 6.07) is 7.42. The van der Waals surface area contributed by atoms with Gasteiger partial charge < -0.3 is 68.9 Å². The number of fused-ring (bicyclic) bond motifs is 1. The average molecular weight is 583 g/mol. The summed E-state index contributed by atoms with van der Waals surface area (Å²) < 4.78 is 39.2. The van der Waals surface area contributed by atoms with Crippen LogP contribution in [-0.4, -0.2) is 119 Å². The molecular weight excluding hydrogens is 548 g/mol. The number of aliphatic hydroxyl groups is 6. The zero-order valence-electron chi connectivity index (χ0n) is 22.5. The Kier molecular flexibility index (Phi) is 7.97. The van der Waals surface area contributed by atoms with Gasteiger partial charge in [-0.15, -0.1) is 0 Å². The molecule has 0 aromatic heterocycles. The highest BCUT2D eigenvalue weighted by Crippen LogP contribution is 2.57. The second-order valence-corrected chi connectivity index (χ2v) is 10.2. The van der Waals surface area contributed by atoms with E-state index in [4.69, 9.17) is 33.2 Å². The van der Waals surface area contributed by atoms with Gasteiger partial charge in [-0.25, -0.2) is 0 Å². The number of aliphatic hydroxyl groups excluding tert-OH is 4. The Bertz CT molecular complexity index is 1230. The van der Waals surface area contributed by atoms with Gasteiger partial charge in [0, 0.05) is 0 Å². The molecule has 9 atom stereocenters. The first-order valence-electron chi connectivity index (χ1n) is 12.8. The molecule has 0 spiro atoms. The third kappa shape index (κ3) is 4.65. The molecule has 0 saturated carbocycles. The van der Waals surface area contributed by atoms with Crippen LogP contribution in [0.3, 0.4) is 0 Å². The number of aromatic hydroxyl groups is 1. The molecular formula is C27H34O14. The number of rotatable bonds is 8. The van der Waals surface area contributed by atoms with E-state index in [9.17, 15) is 35.7 Å². The van der Waals surface area contributed by atoms with E-state index < -0.39 is 60.7 Å². The minimum Gasteiger partial charge on any atom is -0.504 e. The van der Waals surface area contributed by atoms with Gasteiger partial charge in [-0.2, -0.15) is 0 Å². The number of hydrogen-bond donors (Lipinski definition) is 7. The van der Waals surface area contributed by atoms with E-state index in [-0.39, 0.29) is 42.0 Å². The van der Waals surface area contributed by atoms with Crippen LogP contribution < -0.4 is 18.9 Å². The maximum atomic E-state index is 11.8. The van der Waals surface area contributed by atoms with Gasteiger partial charge in [-0.3, -0.25) is 0 Å². The maximum absolute atomic E-state index is 11.8. The molecule has 0 radical (unpaired) electrons. The maximum Gasteiger partial charge on any atom is 0.229 e. The fourth-order valence-electron chi connectivity index (χ4n) is 5.60. The highest BCUT2D eigenvalue weighted by Gasteiger charge is 2.69. The summed E-state index contributed by atoms with van der Waals surface area (Å²) >= 11 is 0. The van der Waals surface area contributed by atoms with Crippen molar-refractivity contribution in [3.63, 3.8) is 0 Å². The number of benzene rings is 2. The van der Waals surface area contributed by atoms with E-state index in [1.165, 1.54) is 45.6 Å². The summed E-state index contributed by atoms with van der Waals surface area (Å²) in [7, 11) is 4.07. The predicted octanol–water partition coefficient (Wildman–Crippen LogP) is -1.10. The number of phenolic OH excluding ortho intramolecular Hbond substituents is 1. The molecule has 3 aliphatic rings. The first-order valence-corrected chi connectivity index (χ1v) is 12.8. The SMILES string of the molecule is COc1cc(C2OCC3(O)C(c4cc(OC)c(OC5OC(CO)C(O)C(O)C5O)c(OC)c4)OCC23O)ccc1O. The minimum atomic E-state index is -1.92. The van der Waals surface area contributed by atoms with Crippen LogP contribution in [0.4, 0.5) is 0 Å². The molecule has 0 bridgehead atoms. The van der Waals surface area contributed by atoms with E-state index in [1.807, 2.05) is 0 Å². The normalized spacial score (nSPS) is 36.6. The van der Waals surface area contributed by atoms with Crippen molar-refractivity contribution in [2.24, 2.45) is 0 Å². The molecule has 3 heterocycles. The van der Waals surface area contributed by atoms with Gasteiger partial charge in [-0.05, 0) is 35.4 Å². The molecule has 14 nitrogen and oxygen atoms in total. The summed E-state index contributed by atoms with van der Waals surface area (Å²) in [5, 5.41) is 73.6. The van der Waals surface area contributed by atoms with Crippen LogP contribution in [0.15, 0.2) is 30.3 Å². The Balaban J connectivity index is 1.46. The van der Waals surface area contributed by atoms with Crippen LogP contribution in [0.2, 0.25) is 0 Å². The molecule has 2 aromatic rings. The van der Waals surface area contributed by atoms with Gasteiger partial charge in [0.2, 0.25) is 12.0 Å². The van der Waals surface area contributed by atoms with Gasteiger partial charge >= 0.3 is 0 Å². The molecule has 9 unspecified atom stereocenters. The molecule has 226 valence electrons. The fraction of sp³-hybridized carbons (Fsp3) is 0.556.